The lowest BCUT2D eigenvalue weighted by Crippen LogP contribution is -2.47. The van der Waals surface area contributed by atoms with Crippen LogP contribution in [0, 0.1) is 0 Å². The Labute approximate surface area is 163 Å². The topological polar surface area (TPSA) is 58.6 Å². The minimum atomic E-state index is -0.586. The van der Waals surface area contributed by atoms with Crippen LogP contribution < -0.4 is 10.1 Å². The Balaban J connectivity index is 2.28. The molecule has 1 atom stereocenters. The van der Waals surface area contributed by atoms with E-state index in [0.29, 0.717) is 13.0 Å². The number of benzene rings is 1. The van der Waals surface area contributed by atoms with Gasteiger partial charge in [-0.2, -0.15) is 0 Å². The third-order valence-electron chi connectivity index (χ3n) is 5.32. The summed E-state index contributed by atoms with van der Waals surface area (Å²) in [5.74, 6) is 0.695. The van der Waals surface area contributed by atoms with Crippen molar-refractivity contribution in [2.45, 2.75) is 77.3 Å². The van der Waals surface area contributed by atoms with E-state index >= 15 is 0 Å². The van der Waals surface area contributed by atoms with Gasteiger partial charge in [-0.25, -0.2) is 0 Å². The highest BCUT2D eigenvalue weighted by molar-refractivity contribution is 5.88. The second kappa shape index (κ2) is 11.0. The lowest BCUT2D eigenvalue weighted by Gasteiger charge is -2.33. The van der Waals surface area contributed by atoms with Crippen LogP contribution in [0.25, 0.3) is 0 Å². The molecule has 1 aliphatic carbocycles. The van der Waals surface area contributed by atoms with Gasteiger partial charge >= 0.3 is 0 Å². The predicted molar refractivity (Wildman–Crippen MR) is 108 cm³/mol. The maximum atomic E-state index is 13.3. The Morgan fingerprint density at radius 3 is 2.37 bits per heavy atom. The monoisotopic (exact) mass is 374 g/mol. The zero-order valence-corrected chi connectivity index (χ0v) is 17.0. The molecule has 0 aromatic heterocycles. The van der Waals surface area contributed by atoms with Gasteiger partial charge in [0.25, 0.3) is 0 Å². The van der Waals surface area contributed by atoms with Crippen LogP contribution in [0.5, 0.6) is 5.75 Å². The molecule has 1 aliphatic rings. The molecular formula is C22H34N2O3. The van der Waals surface area contributed by atoms with Gasteiger partial charge in [-0.1, -0.05) is 51.7 Å². The lowest BCUT2D eigenvalue weighted by atomic mass is 9.94. The first-order valence-corrected chi connectivity index (χ1v) is 10.3. The molecule has 5 nitrogen and oxygen atoms in total. The standard InChI is InChI=1S/C22H34N2O3/c1-4-6-16-24(20(25)5-2)21(17-12-14-19(27-3)15-13-17)22(26)23-18-10-8-7-9-11-18/h12-15,18,21H,4-11,16H2,1-3H3,(H,23,26). The van der Waals surface area contributed by atoms with E-state index in [4.69, 9.17) is 4.74 Å². The number of amides is 2. The maximum absolute atomic E-state index is 13.3. The van der Waals surface area contributed by atoms with Crippen molar-refractivity contribution in [3.8, 4) is 5.75 Å². The third kappa shape index (κ3) is 5.98. The predicted octanol–water partition coefficient (Wildman–Crippen LogP) is 4.22. The van der Waals surface area contributed by atoms with Crippen molar-refractivity contribution in [3.63, 3.8) is 0 Å². The van der Waals surface area contributed by atoms with E-state index in [1.165, 1.54) is 6.42 Å². The Morgan fingerprint density at radius 2 is 1.81 bits per heavy atom. The van der Waals surface area contributed by atoms with Gasteiger partial charge < -0.3 is 15.0 Å². The molecule has 1 aromatic carbocycles. The number of carbonyl (C=O) groups excluding carboxylic acids is 2. The molecule has 0 radical (unpaired) electrons. The highest BCUT2D eigenvalue weighted by atomic mass is 16.5. The Hall–Kier alpha value is -2.04. The Bertz CT molecular complexity index is 594. The fraction of sp³-hybridized carbons (Fsp3) is 0.636. The van der Waals surface area contributed by atoms with Crippen molar-refractivity contribution in [3.05, 3.63) is 29.8 Å². The molecule has 0 aliphatic heterocycles. The zero-order valence-electron chi connectivity index (χ0n) is 17.0. The molecule has 0 bridgehead atoms. The number of nitrogens with one attached hydrogen (secondary N) is 1. The van der Waals surface area contributed by atoms with E-state index < -0.39 is 6.04 Å². The van der Waals surface area contributed by atoms with Gasteiger partial charge in [-0.3, -0.25) is 9.59 Å². The second-order valence-corrected chi connectivity index (χ2v) is 7.31. The van der Waals surface area contributed by atoms with Gasteiger partial charge in [-0.05, 0) is 37.0 Å². The fourth-order valence-electron chi connectivity index (χ4n) is 3.72. The number of unbranched alkanes of at least 4 members (excludes halogenated alkanes) is 1. The summed E-state index contributed by atoms with van der Waals surface area (Å²) in [5, 5.41) is 3.22. The van der Waals surface area contributed by atoms with Crippen molar-refractivity contribution in [2.75, 3.05) is 13.7 Å². The van der Waals surface area contributed by atoms with Crippen molar-refractivity contribution in [1.29, 1.82) is 0 Å². The molecule has 0 heterocycles. The largest absolute Gasteiger partial charge is 0.497 e. The highest BCUT2D eigenvalue weighted by Crippen LogP contribution is 2.26. The van der Waals surface area contributed by atoms with Crippen LogP contribution in [0.15, 0.2) is 24.3 Å². The van der Waals surface area contributed by atoms with Crippen molar-refractivity contribution in [1.82, 2.24) is 10.2 Å². The van der Waals surface area contributed by atoms with E-state index in [-0.39, 0.29) is 17.9 Å². The average Bonchev–Trinajstić information content (AvgIpc) is 2.71. The minimum absolute atomic E-state index is 0.0167. The van der Waals surface area contributed by atoms with Gasteiger partial charge in [0.2, 0.25) is 11.8 Å². The summed E-state index contributed by atoms with van der Waals surface area (Å²) in [7, 11) is 1.62. The van der Waals surface area contributed by atoms with Crippen LogP contribution in [-0.4, -0.2) is 36.4 Å². The first-order valence-electron chi connectivity index (χ1n) is 10.3. The second-order valence-electron chi connectivity index (χ2n) is 7.31. The first-order chi connectivity index (χ1) is 13.1. The van der Waals surface area contributed by atoms with Crippen LogP contribution in [-0.2, 0) is 9.59 Å². The number of hydrogen-bond acceptors (Lipinski definition) is 3. The normalized spacial score (nSPS) is 15.8. The van der Waals surface area contributed by atoms with Crippen molar-refractivity contribution in [2.24, 2.45) is 0 Å². The molecule has 0 saturated heterocycles. The minimum Gasteiger partial charge on any atom is -0.497 e. The number of hydrogen-bond donors (Lipinski definition) is 1. The SMILES string of the molecule is CCCCN(C(=O)CC)C(C(=O)NC1CCCCC1)c1ccc(OC)cc1. The molecule has 1 unspecified atom stereocenters. The average molecular weight is 375 g/mol. The summed E-state index contributed by atoms with van der Waals surface area (Å²) in [6.45, 7) is 4.54. The van der Waals surface area contributed by atoms with Crippen LogP contribution in [0.1, 0.15) is 76.8 Å². The number of carbonyl (C=O) groups is 2. The summed E-state index contributed by atoms with van der Waals surface area (Å²) in [6.07, 6.45) is 7.87. The van der Waals surface area contributed by atoms with Crippen molar-refractivity contribution < 1.29 is 14.3 Å². The summed E-state index contributed by atoms with van der Waals surface area (Å²) in [4.78, 5) is 27.7. The molecule has 150 valence electrons. The van der Waals surface area contributed by atoms with Crippen LogP contribution in [0.3, 0.4) is 0 Å². The van der Waals surface area contributed by atoms with E-state index in [2.05, 4.69) is 12.2 Å². The van der Waals surface area contributed by atoms with Crippen molar-refractivity contribution >= 4 is 11.8 Å². The number of nitrogens with zero attached hydrogens (tertiary/aromatic N) is 1. The smallest absolute Gasteiger partial charge is 0.247 e. The van der Waals surface area contributed by atoms with Crippen LogP contribution in [0.2, 0.25) is 0 Å². The molecular weight excluding hydrogens is 340 g/mol. The molecule has 1 aromatic rings. The number of methoxy groups -OCH3 is 1. The quantitative estimate of drug-likeness (QED) is 0.704. The first kappa shape index (κ1) is 21.3. The summed E-state index contributed by atoms with van der Waals surface area (Å²) in [5.41, 5.74) is 0.835. The summed E-state index contributed by atoms with van der Waals surface area (Å²) in [6, 6.07) is 7.13. The van der Waals surface area contributed by atoms with E-state index in [1.54, 1.807) is 12.0 Å². The Morgan fingerprint density at radius 1 is 1.15 bits per heavy atom. The van der Waals surface area contributed by atoms with Gasteiger partial charge in [0.05, 0.1) is 7.11 Å². The van der Waals surface area contributed by atoms with E-state index in [0.717, 1.165) is 49.8 Å². The summed E-state index contributed by atoms with van der Waals surface area (Å²) >= 11 is 0. The van der Waals surface area contributed by atoms with E-state index in [1.807, 2.05) is 31.2 Å². The molecule has 27 heavy (non-hydrogen) atoms. The van der Waals surface area contributed by atoms with Gasteiger partial charge in [0.15, 0.2) is 0 Å². The number of ether oxygens (including phenoxy) is 1. The van der Waals surface area contributed by atoms with Crippen LogP contribution >= 0.6 is 0 Å². The Kier molecular flexibility index (Phi) is 8.62. The summed E-state index contributed by atoms with van der Waals surface area (Å²) < 4.78 is 5.24. The molecule has 5 heteroatoms. The van der Waals surface area contributed by atoms with Gasteiger partial charge in [0.1, 0.15) is 11.8 Å². The third-order valence-corrected chi connectivity index (χ3v) is 5.32. The van der Waals surface area contributed by atoms with Gasteiger partial charge in [-0.15, -0.1) is 0 Å². The zero-order chi connectivity index (χ0) is 19.6. The fourth-order valence-corrected chi connectivity index (χ4v) is 3.72. The van der Waals surface area contributed by atoms with Crippen LogP contribution in [0.4, 0.5) is 0 Å². The maximum Gasteiger partial charge on any atom is 0.247 e. The molecule has 1 N–H and O–H groups in total. The van der Waals surface area contributed by atoms with E-state index in [9.17, 15) is 9.59 Å². The lowest BCUT2D eigenvalue weighted by molar-refractivity contribution is -0.141. The highest BCUT2D eigenvalue weighted by Gasteiger charge is 2.31. The van der Waals surface area contributed by atoms with Gasteiger partial charge in [0, 0.05) is 19.0 Å². The molecule has 0 spiro atoms. The molecule has 1 fully saturated rings. The number of rotatable bonds is 9. The molecule has 2 rings (SSSR count). The molecule has 2 amide bonds. The molecule has 1 saturated carbocycles.